The molecule has 0 bridgehead atoms. The lowest BCUT2D eigenvalue weighted by Crippen LogP contribution is -2.32. The molecule has 6 heteroatoms. The van der Waals surface area contributed by atoms with Crippen molar-refractivity contribution in [3.8, 4) is 12.3 Å². The van der Waals surface area contributed by atoms with Gasteiger partial charge in [0.15, 0.2) is 0 Å². The molecule has 0 fully saturated rings. The Morgan fingerprint density at radius 3 is 2.40 bits per heavy atom. The average Bonchev–Trinajstić information content (AvgIpc) is 2.38. The van der Waals surface area contributed by atoms with Gasteiger partial charge in [-0.05, 0) is 30.7 Å². The third kappa shape index (κ3) is 4.08. The topological polar surface area (TPSA) is 66.5 Å². The van der Waals surface area contributed by atoms with Crippen molar-refractivity contribution in [3.63, 3.8) is 0 Å². The summed E-state index contributed by atoms with van der Waals surface area (Å²) in [5.74, 6) is 2.15. The molecule has 108 valence electrons. The number of anilines is 1. The molecule has 0 aliphatic carbocycles. The second-order valence-electron chi connectivity index (χ2n) is 4.25. The van der Waals surface area contributed by atoms with Crippen LogP contribution >= 0.6 is 0 Å². The summed E-state index contributed by atoms with van der Waals surface area (Å²) in [6.07, 6.45) is 5.90. The van der Waals surface area contributed by atoms with Crippen LogP contribution in [0.5, 0.6) is 0 Å². The van der Waals surface area contributed by atoms with E-state index in [1.54, 1.807) is 12.1 Å². The Hall–Kier alpha value is -1.84. The van der Waals surface area contributed by atoms with E-state index in [2.05, 4.69) is 11.2 Å². The van der Waals surface area contributed by atoms with Gasteiger partial charge in [-0.15, -0.1) is 6.42 Å². The molecule has 0 atom stereocenters. The molecular formula is C14H18N2O3S. The van der Waals surface area contributed by atoms with Crippen molar-refractivity contribution in [3.05, 3.63) is 24.3 Å². The summed E-state index contributed by atoms with van der Waals surface area (Å²) < 4.78 is 26.0. The number of benzene rings is 1. The summed E-state index contributed by atoms with van der Waals surface area (Å²) in [4.78, 5) is 11.1. The van der Waals surface area contributed by atoms with Crippen molar-refractivity contribution in [1.29, 1.82) is 0 Å². The van der Waals surface area contributed by atoms with Gasteiger partial charge in [0, 0.05) is 19.2 Å². The lowest BCUT2D eigenvalue weighted by Gasteiger charge is -2.19. The maximum absolute atomic E-state index is 12.4. The minimum atomic E-state index is -3.59. The highest BCUT2D eigenvalue weighted by molar-refractivity contribution is 7.89. The number of hydrogen-bond donors (Lipinski definition) is 1. The van der Waals surface area contributed by atoms with Crippen LogP contribution < -0.4 is 5.32 Å². The average molecular weight is 294 g/mol. The summed E-state index contributed by atoms with van der Waals surface area (Å²) in [5, 5.41) is 2.58. The van der Waals surface area contributed by atoms with Crippen LogP contribution in [0.1, 0.15) is 20.3 Å². The van der Waals surface area contributed by atoms with Gasteiger partial charge in [0.2, 0.25) is 15.9 Å². The molecule has 20 heavy (non-hydrogen) atoms. The van der Waals surface area contributed by atoms with Crippen molar-refractivity contribution >= 4 is 21.6 Å². The Bertz CT molecular complexity index is 600. The zero-order chi connectivity index (χ0) is 15.2. The predicted molar refractivity (Wildman–Crippen MR) is 78.6 cm³/mol. The van der Waals surface area contributed by atoms with Crippen LogP contribution in [0.15, 0.2) is 29.2 Å². The van der Waals surface area contributed by atoms with Crippen LogP contribution in [0.2, 0.25) is 0 Å². The molecule has 0 radical (unpaired) electrons. The first kappa shape index (κ1) is 16.2. The van der Waals surface area contributed by atoms with Crippen molar-refractivity contribution in [2.24, 2.45) is 0 Å². The lowest BCUT2D eigenvalue weighted by atomic mass is 10.3. The number of terminal acetylenes is 1. The van der Waals surface area contributed by atoms with Crippen molar-refractivity contribution in [2.45, 2.75) is 25.2 Å². The minimum Gasteiger partial charge on any atom is -0.326 e. The standard InChI is InChI=1S/C14H18N2O3S/c1-4-10-16(11-5-2)20(18,19)14-8-6-13(7-9-14)15-12(3)17/h1,6-9H,5,10-11H2,2-3H3,(H,15,17). The molecule has 1 aromatic rings. The highest BCUT2D eigenvalue weighted by Crippen LogP contribution is 2.18. The van der Waals surface area contributed by atoms with Gasteiger partial charge in [0.25, 0.3) is 0 Å². The smallest absolute Gasteiger partial charge is 0.243 e. The number of sulfonamides is 1. The van der Waals surface area contributed by atoms with Gasteiger partial charge < -0.3 is 5.32 Å². The van der Waals surface area contributed by atoms with Crippen LogP contribution in [0.25, 0.3) is 0 Å². The van der Waals surface area contributed by atoms with Crippen molar-refractivity contribution in [1.82, 2.24) is 4.31 Å². The van der Waals surface area contributed by atoms with Gasteiger partial charge in [-0.1, -0.05) is 12.8 Å². The van der Waals surface area contributed by atoms with Crippen LogP contribution in [0.4, 0.5) is 5.69 Å². The number of rotatable bonds is 6. The van der Waals surface area contributed by atoms with Gasteiger partial charge in [0.1, 0.15) is 0 Å². The molecule has 1 aromatic carbocycles. The van der Waals surface area contributed by atoms with E-state index >= 15 is 0 Å². The third-order valence-electron chi connectivity index (χ3n) is 2.55. The van der Waals surface area contributed by atoms with Gasteiger partial charge in [0.05, 0.1) is 11.4 Å². The molecule has 0 aliphatic rings. The number of nitrogens with one attached hydrogen (secondary N) is 1. The Labute approximate surface area is 120 Å². The van der Waals surface area contributed by atoms with E-state index in [9.17, 15) is 13.2 Å². The number of hydrogen-bond acceptors (Lipinski definition) is 3. The van der Waals surface area contributed by atoms with E-state index < -0.39 is 10.0 Å². The summed E-state index contributed by atoms with van der Waals surface area (Å²) in [5.41, 5.74) is 0.551. The fraction of sp³-hybridized carbons (Fsp3) is 0.357. The fourth-order valence-electron chi connectivity index (χ4n) is 1.70. The first-order valence-corrected chi connectivity index (χ1v) is 7.67. The fourth-order valence-corrected chi connectivity index (χ4v) is 3.14. The van der Waals surface area contributed by atoms with Crippen molar-refractivity contribution in [2.75, 3.05) is 18.4 Å². The number of nitrogens with zero attached hydrogens (tertiary/aromatic N) is 1. The van der Waals surface area contributed by atoms with E-state index in [0.717, 1.165) is 0 Å². The first-order chi connectivity index (χ1) is 9.41. The second kappa shape index (κ2) is 7.08. The molecular weight excluding hydrogens is 276 g/mol. The van der Waals surface area contributed by atoms with Gasteiger partial charge in [-0.2, -0.15) is 4.31 Å². The van der Waals surface area contributed by atoms with Crippen LogP contribution in [-0.4, -0.2) is 31.7 Å². The Morgan fingerprint density at radius 2 is 1.95 bits per heavy atom. The molecule has 0 saturated carbocycles. The maximum atomic E-state index is 12.4. The molecule has 0 saturated heterocycles. The van der Waals surface area contributed by atoms with E-state index in [0.29, 0.717) is 18.7 Å². The number of carbonyl (C=O) groups excluding carboxylic acids is 1. The van der Waals surface area contributed by atoms with Gasteiger partial charge in [-0.3, -0.25) is 4.79 Å². The zero-order valence-electron chi connectivity index (χ0n) is 11.6. The van der Waals surface area contributed by atoms with E-state index in [1.807, 2.05) is 6.92 Å². The lowest BCUT2D eigenvalue weighted by molar-refractivity contribution is -0.114. The Morgan fingerprint density at radius 1 is 1.35 bits per heavy atom. The first-order valence-electron chi connectivity index (χ1n) is 6.23. The van der Waals surface area contributed by atoms with E-state index in [-0.39, 0.29) is 17.3 Å². The van der Waals surface area contributed by atoms with Crippen LogP contribution in [0.3, 0.4) is 0 Å². The second-order valence-corrected chi connectivity index (χ2v) is 6.19. The van der Waals surface area contributed by atoms with Gasteiger partial charge in [-0.25, -0.2) is 8.42 Å². The summed E-state index contributed by atoms with van der Waals surface area (Å²) in [7, 11) is -3.59. The molecule has 0 heterocycles. The Kier molecular flexibility index (Phi) is 5.74. The summed E-state index contributed by atoms with van der Waals surface area (Å²) in [6.45, 7) is 3.70. The molecule has 0 spiro atoms. The summed E-state index contributed by atoms with van der Waals surface area (Å²) >= 11 is 0. The zero-order valence-corrected chi connectivity index (χ0v) is 12.4. The molecule has 1 rings (SSSR count). The van der Waals surface area contributed by atoms with E-state index in [4.69, 9.17) is 6.42 Å². The Balaban J connectivity index is 3.02. The molecule has 0 aromatic heterocycles. The normalized spacial score (nSPS) is 11.1. The van der Waals surface area contributed by atoms with E-state index in [1.165, 1.54) is 23.4 Å². The third-order valence-corrected chi connectivity index (χ3v) is 4.41. The molecule has 5 nitrogen and oxygen atoms in total. The largest absolute Gasteiger partial charge is 0.326 e. The molecule has 0 unspecified atom stereocenters. The number of amides is 1. The summed E-state index contributed by atoms with van der Waals surface area (Å²) in [6, 6.07) is 6.02. The van der Waals surface area contributed by atoms with Crippen LogP contribution in [-0.2, 0) is 14.8 Å². The maximum Gasteiger partial charge on any atom is 0.243 e. The van der Waals surface area contributed by atoms with Crippen molar-refractivity contribution < 1.29 is 13.2 Å². The quantitative estimate of drug-likeness (QED) is 0.812. The number of carbonyl (C=O) groups is 1. The minimum absolute atomic E-state index is 0.0453. The SMILES string of the molecule is C#CCN(CCC)S(=O)(=O)c1ccc(NC(C)=O)cc1. The van der Waals surface area contributed by atoms with Crippen LogP contribution in [0, 0.1) is 12.3 Å². The predicted octanol–water partition coefficient (Wildman–Crippen LogP) is 1.68. The molecule has 1 N–H and O–H groups in total. The molecule has 0 aliphatic heterocycles. The molecule has 1 amide bonds. The van der Waals surface area contributed by atoms with Gasteiger partial charge >= 0.3 is 0 Å². The monoisotopic (exact) mass is 294 g/mol. The highest BCUT2D eigenvalue weighted by Gasteiger charge is 2.22. The highest BCUT2D eigenvalue weighted by atomic mass is 32.2.